The Labute approximate surface area is 152 Å². The highest BCUT2D eigenvalue weighted by atomic mass is 32.2. The fourth-order valence-corrected chi connectivity index (χ4v) is 3.84. The van der Waals surface area contributed by atoms with Crippen LogP contribution in [0.5, 0.6) is 0 Å². The van der Waals surface area contributed by atoms with Crippen LogP contribution in [-0.2, 0) is 10.0 Å². The molecule has 0 fully saturated rings. The Morgan fingerprint density at radius 2 is 1.92 bits per heavy atom. The summed E-state index contributed by atoms with van der Waals surface area (Å²) in [5.74, 6) is 0. The van der Waals surface area contributed by atoms with Gasteiger partial charge in [-0.3, -0.25) is 4.72 Å². The third-order valence-electron chi connectivity index (χ3n) is 3.65. The fourth-order valence-electron chi connectivity index (χ4n) is 2.38. The highest BCUT2D eigenvalue weighted by Gasteiger charge is 2.21. The number of carbonyl (C=O) groups excluding carboxylic acids is 1. The normalized spacial score (nSPS) is 12.5. The first-order chi connectivity index (χ1) is 11.6. The lowest BCUT2D eigenvalue weighted by Gasteiger charge is -2.24. The molecule has 0 aliphatic rings. The number of carbonyl (C=O) groups is 1. The predicted octanol–water partition coefficient (Wildman–Crippen LogP) is 3.36. The molecule has 2 amide bonds. The van der Waals surface area contributed by atoms with Crippen molar-refractivity contribution in [2.45, 2.75) is 26.8 Å². The number of aryl methyl sites for hydroxylation is 2. The van der Waals surface area contributed by atoms with Gasteiger partial charge >= 0.3 is 6.03 Å². The van der Waals surface area contributed by atoms with Crippen LogP contribution in [0, 0.1) is 13.8 Å². The Morgan fingerprint density at radius 1 is 1.28 bits per heavy atom. The smallest absolute Gasteiger partial charge is 0.319 e. The molecule has 0 saturated heterocycles. The standard InChI is InChI=1S/C16H22N4O3S2/c1-10(15-11(2)24-12(3)17-15)20(4)16(21)18-13-7-6-8-14(9-13)19-25(5,22)23/h6-10,19H,1-5H3,(H,18,21)/t10-/m1/s1. The van der Waals surface area contributed by atoms with Gasteiger partial charge in [0.25, 0.3) is 0 Å². The van der Waals surface area contributed by atoms with E-state index >= 15 is 0 Å². The molecule has 0 aliphatic heterocycles. The van der Waals surface area contributed by atoms with E-state index in [-0.39, 0.29) is 12.1 Å². The summed E-state index contributed by atoms with van der Waals surface area (Å²) in [4.78, 5) is 19.6. The molecular formula is C16H22N4O3S2. The van der Waals surface area contributed by atoms with Crippen LogP contribution in [0.15, 0.2) is 24.3 Å². The van der Waals surface area contributed by atoms with Gasteiger partial charge in [0, 0.05) is 17.6 Å². The van der Waals surface area contributed by atoms with Crippen molar-refractivity contribution in [3.05, 3.63) is 39.8 Å². The molecule has 2 rings (SSSR count). The predicted molar refractivity (Wildman–Crippen MR) is 102 cm³/mol. The van der Waals surface area contributed by atoms with Crippen molar-refractivity contribution >= 4 is 38.8 Å². The molecule has 2 aromatic rings. The Bertz CT molecular complexity index is 877. The van der Waals surface area contributed by atoms with Crippen molar-refractivity contribution in [3.63, 3.8) is 0 Å². The van der Waals surface area contributed by atoms with Crippen LogP contribution in [0.3, 0.4) is 0 Å². The first-order valence-electron chi connectivity index (χ1n) is 7.62. The molecule has 2 N–H and O–H groups in total. The van der Waals surface area contributed by atoms with Gasteiger partial charge in [-0.1, -0.05) is 6.07 Å². The third kappa shape index (κ3) is 5.17. The average Bonchev–Trinajstić information content (AvgIpc) is 2.83. The van der Waals surface area contributed by atoms with E-state index in [0.29, 0.717) is 11.4 Å². The second kappa shape index (κ2) is 7.40. The summed E-state index contributed by atoms with van der Waals surface area (Å²) >= 11 is 1.60. The summed E-state index contributed by atoms with van der Waals surface area (Å²) in [6.07, 6.45) is 1.08. The van der Waals surface area contributed by atoms with Gasteiger partial charge in [-0.15, -0.1) is 11.3 Å². The maximum atomic E-state index is 12.5. The number of anilines is 2. The van der Waals surface area contributed by atoms with E-state index in [1.165, 1.54) is 0 Å². The van der Waals surface area contributed by atoms with Gasteiger partial charge in [-0.2, -0.15) is 0 Å². The number of sulfonamides is 1. The highest BCUT2D eigenvalue weighted by Crippen LogP contribution is 2.26. The topological polar surface area (TPSA) is 91.4 Å². The molecular weight excluding hydrogens is 360 g/mol. The lowest BCUT2D eigenvalue weighted by atomic mass is 10.2. The van der Waals surface area contributed by atoms with Crippen LogP contribution < -0.4 is 10.0 Å². The number of urea groups is 1. The number of nitrogens with one attached hydrogen (secondary N) is 2. The molecule has 0 bridgehead atoms. The minimum absolute atomic E-state index is 0.178. The first kappa shape index (κ1) is 19.2. The monoisotopic (exact) mass is 382 g/mol. The zero-order chi connectivity index (χ0) is 18.8. The Hall–Kier alpha value is -2.13. The second-order valence-corrected chi connectivity index (χ2v) is 9.00. The quantitative estimate of drug-likeness (QED) is 0.829. The van der Waals surface area contributed by atoms with E-state index in [1.54, 1.807) is 47.5 Å². The van der Waals surface area contributed by atoms with Crippen LogP contribution in [0.4, 0.5) is 16.2 Å². The summed E-state index contributed by atoms with van der Waals surface area (Å²) in [6, 6.07) is 6.07. The Kier molecular flexibility index (Phi) is 5.69. The maximum absolute atomic E-state index is 12.5. The van der Waals surface area contributed by atoms with Crippen molar-refractivity contribution in [3.8, 4) is 0 Å². The van der Waals surface area contributed by atoms with Gasteiger partial charge in [0.2, 0.25) is 10.0 Å². The number of hydrogen-bond acceptors (Lipinski definition) is 5. The molecule has 136 valence electrons. The van der Waals surface area contributed by atoms with Gasteiger partial charge in [0.15, 0.2) is 0 Å². The largest absolute Gasteiger partial charge is 0.322 e. The van der Waals surface area contributed by atoms with Gasteiger partial charge in [-0.05, 0) is 39.0 Å². The van der Waals surface area contributed by atoms with Gasteiger partial charge in [-0.25, -0.2) is 18.2 Å². The van der Waals surface area contributed by atoms with Crippen LogP contribution in [-0.4, -0.2) is 37.6 Å². The number of hydrogen-bond donors (Lipinski definition) is 2. The number of nitrogens with zero attached hydrogens (tertiary/aromatic N) is 2. The number of amides is 2. The van der Waals surface area contributed by atoms with Crippen molar-refractivity contribution < 1.29 is 13.2 Å². The number of rotatable bonds is 5. The number of aromatic nitrogens is 1. The van der Waals surface area contributed by atoms with E-state index in [2.05, 4.69) is 15.0 Å². The molecule has 1 atom stereocenters. The minimum Gasteiger partial charge on any atom is -0.319 e. The van der Waals surface area contributed by atoms with Crippen LogP contribution in [0.2, 0.25) is 0 Å². The van der Waals surface area contributed by atoms with Crippen molar-refractivity contribution in [1.82, 2.24) is 9.88 Å². The van der Waals surface area contributed by atoms with Gasteiger partial charge in [0.1, 0.15) is 0 Å². The summed E-state index contributed by atoms with van der Waals surface area (Å²) in [7, 11) is -1.67. The molecule has 25 heavy (non-hydrogen) atoms. The van der Waals surface area contributed by atoms with Crippen LogP contribution >= 0.6 is 11.3 Å². The van der Waals surface area contributed by atoms with Crippen molar-refractivity contribution in [1.29, 1.82) is 0 Å². The lowest BCUT2D eigenvalue weighted by Crippen LogP contribution is -2.34. The van der Waals surface area contributed by atoms with Gasteiger partial charge < -0.3 is 10.2 Å². The summed E-state index contributed by atoms with van der Waals surface area (Å²) in [6.45, 7) is 5.85. The molecule has 9 heteroatoms. The molecule has 0 unspecified atom stereocenters. The van der Waals surface area contributed by atoms with E-state index in [4.69, 9.17) is 0 Å². The molecule has 0 spiro atoms. The third-order valence-corrected chi connectivity index (χ3v) is 5.16. The zero-order valence-electron chi connectivity index (χ0n) is 14.8. The lowest BCUT2D eigenvalue weighted by molar-refractivity contribution is 0.207. The van der Waals surface area contributed by atoms with Gasteiger partial charge in [0.05, 0.1) is 28.7 Å². The minimum atomic E-state index is -3.37. The SMILES string of the molecule is Cc1nc([C@@H](C)N(C)C(=O)Nc2cccc(NS(C)(=O)=O)c2)c(C)s1. The highest BCUT2D eigenvalue weighted by molar-refractivity contribution is 7.92. The first-order valence-corrected chi connectivity index (χ1v) is 10.3. The summed E-state index contributed by atoms with van der Waals surface area (Å²) < 4.78 is 25.0. The summed E-state index contributed by atoms with van der Waals surface area (Å²) in [5.41, 5.74) is 1.78. The summed E-state index contributed by atoms with van der Waals surface area (Å²) in [5, 5.41) is 3.74. The maximum Gasteiger partial charge on any atom is 0.322 e. The Morgan fingerprint density at radius 3 is 2.48 bits per heavy atom. The zero-order valence-corrected chi connectivity index (χ0v) is 16.5. The van der Waals surface area contributed by atoms with E-state index in [1.807, 2.05) is 20.8 Å². The molecule has 1 aromatic heterocycles. The van der Waals surface area contributed by atoms with Crippen LogP contribution in [0.1, 0.15) is 28.5 Å². The fraction of sp³-hybridized carbons (Fsp3) is 0.375. The Balaban J connectivity index is 2.11. The number of benzene rings is 1. The molecule has 0 radical (unpaired) electrons. The number of thiazole rings is 1. The second-order valence-electron chi connectivity index (χ2n) is 5.85. The average molecular weight is 383 g/mol. The molecule has 0 aliphatic carbocycles. The molecule has 0 saturated carbocycles. The molecule has 1 aromatic carbocycles. The van der Waals surface area contributed by atoms with E-state index < -0.39 is 10.0 Å². The van der Waals surface area contributed by atoms with E-state index in [0.717, 1.165) is 21.8 Å². The van der Waals surface area contributed by atoms with Crippen molar-refractivity contribution in [2.75, 3.05) is 23.3 Å². The van der Waals surface area contributed by atoms with Crippen molar-refractivity contribution in [2.24, 2.45) is 0 Å². The molecule has 7 nitrogen and oxygen atoms in total. The van der Waals surface area contributed by atoms with Crippen LogP contribution in [0.25, 0.3) is 0 Å². The molecule has 1 heterocycles. The van der Waals surface area contributed by atoms with E-state index in [9.17, 15) is 13.2 Å².